The van der Waals surface area contributed by atoms with Crippen LogP contribution in [0.25, 0.3) is 0 Å². The second-order valence-electron chi connectivity index (χ2n) is 2.94. The first kappa shape index (κ1) is 10.6. The molecule has 3 heteroatoms. The van der Waals surface area contributed by atoms with Gasteiger partial charge in [-0.3, -0.25) is 5.41 Å². The molecule has 0 bridgehead atoms. The number of ether oxygens (including phenoxy) is 2. The highest BCUT2D eigenvalue weighted by Crippen LogP contribution is 2.18. The van der Waals surface area contributed by atoms with Crippen LogP contribution < -0.4 is 4.74 Å². The third kappa shape index (κ3) is 2.76. The average Bonchev–Trinajstić information content (AvgIpc) is 2.26. The zero-order valence-corrected chi connectivity index (χ0v) is 8.54. The van der Waals surface area contributed by atoms with Crippen LogP contribution >= 0.6 is 0 Å². The van der Waals surface area contributed by atoms with Crippen molar-refractivity contribution in [3.8, 4) is 5.75 Å². The first-order valence-electron chi connectivity index (χ1n) is 4.51. The Kier molecular flexibility index (Phi) is 3.98. The molecule has 76 valence electrons. The van der Waals surface area contributed by atoms with Crippen LogP contribution in [-0.4, -0.2) is 20.1 Å². The Hall–Kier alpha value is -1.51. The lowest BCUT2D eigenvalue weighted by Crippen LogP contribution is -2.01. The third-order valence-electron chi connectivity index (χ3n) is 2.06. The molecule has 1 aromatic rings. The Morgan fingerprint density at radius 3 is 2.64 bits per heavy atom. The first-order valence-corrected chi connectivity index (χ1v) is 4.51. The van der Waals surface area contributed by atoms with Crippen LogP contribution in [0.15, 0.2) is 24.3 Å². The molecule has 1 rings (SSSR count). The lowest BCUT2D eigenvalue weighted by Gasteiger charge is -2.07. The molecular formula is C11H15NO2. The van der Waals surface area contributed by atoms with Crippen LogP contribution in [0.5, 0.6) is 5.75 Å². The van der Waals surface area contributed by atoms with Gasteiger partial charge in [-0.05, 0) is 18.1 Å². The SMILES string of the molecule is COC(=N)CCc1ccccc1OC. The zero-order valence-electron chi connectivity index (χ0n) is 8.54. The van der Waals surface area contributed by atoms with Gasteiger partial charge < -0.3 is 9.47 Å². The summed E-state index contributed by atoms with van der Waals surface area (Å²) < 4.78 is 9.99. The van der Waals surface area contributed by atoms with E-state index in [0.29, 0.717) is 12.3 Å². The van der Waals surface area contributed by atoms with Gasteiger partial charge in [-0.15, -0.1) is 0 Å². The minimum atomic E-state index is 0.302. The van der Waals surface area contributed by atoms with Crippen LogP contribution in [-0.2, 0) is 11.2 Å². The first-order chi connectivity index (χ1) is 6.77. The molecule has 0 unspecified atom stereocenters. The Morgan fingerprint density at radius 2 is 2.00 bits per heavy atom. The van der Waals surface area contributed by atoms with Gasteiger partial charge in [0.2, 0.25) is 0 Å². The third-order valence-corrected chi connectivity index (χ3v) is 2.06. The number of benzene rings is 1. The maximum Gasteiger partial charge on any atom is 0.180 e. The van der Waals surface area contributed by atoms with Gasteiger partial charge >= 0.3 is 0 Å². The van der Waals surface area contributed by atoms with Gasteiger partial charge in [0.25, 0.3) is 0 Å². The van der Waals surface area contributed by atoms with Crippen molar-refractivity contribution in [3.05, 3.63) is 29.8 Å². The molecule has 0 aliphatic heterocycles. The Balaban J connectivity index is 2.61. The van der Waals surface area contributed by atoms with E-state index in [1.54, 1.807) is 7.11 Å². The van der Waals surface area contributed by atoms with E-state index in [0.717, 1.165) is 17.7 Å². The Morgan fingerprint density at radius 1 is 1.29 bits per heavy atom. The van der Waals surface area contributed by atoms with E-state index in [4.69, 9.17) is 14.9 Å². The molecule has 0 aliphatic rings. The van der Waals surface area contributed by atoms with Gasteiger partial charge in [0.1, 0.15) is 5.75 Å². The molecule has 0 aromatic heterocycles. The molecule has 0 atom stereocenters. The van der Waals surface area contributed by atoms with E-state index in [9.17, 15) is 0 Å². The number of aryl methyl sites for hydroxylation is 1. The van der Waals surface area contributed by atoms with Gasteiger partial charge in [-0.2, -0.15) is 0 Å². The van der Waals surface area contributed by atoms with Crippen molar-refractivity contribution in [2.45, 2.75) is 12.8 Å². The molecule has 1 aromatic carbocycles. The Labute approximate surface area is 84.2 Å². The molecule has 0 radical (unpaired) electrons. The number of methoxy groups -OCH3 is 2. The zero-order chi connectivity index (χ0) is 10.4. The summed E-state index contributed by atoms with van der Waals surface area (Å²) in [6, 6.07) is 7.83. The lowest BCUT2D eigenvalue weighted by atomic mass is 10.1. The van der Waals surface area contributed by atoms with E-state index in [1.807, 2.05) is 24.3 Å². The van der Waals surface area contributed by atoms with E-state index < -0.39 is 0 Å². The summed E-state index contributed by atoms with van der Waals surface area (Å²) in [5, 5.41) is 7.35. The monoisotopic (exact) mass is 193 g/mol. The predicted octanol–water partition coefficient (Wildman–Crippen LogP) is 2.25. The summed E-state index contributed by atoms with van der Waals surface area (Å²) >= 11 is 0. The molecule has 0 amide bonds. The minimum absolute atomic E-state index is 0.302. The number of para-hydroxylation sites is 1. The summed E-state index contributed by atoms with van der Waals surface area (Å²) in [6.07, 6.45) is 1.38. The van der Waals surface area contributed by atoms with Gasteiger partial charge in [0, 0.05) is 6.42 Å². The van der Waals surface area contributed by atoms with E-state index in [-0.39, 0.29) is 0 Å². The van der Waals surface area contributed by atoms with Gasteiger partial charge in [0.15, 0.2) is 5.90 Å². The Bertz CT molecular complexity index is 310. The van der Waals surface area contributed by atoms with Gasteiger partial charge in [-0.25, -0.2) is 0 Å². The highest BCUT2D eigenvalue weighted by atomic mass is 16.5. The molecule has 0 saturated heterocycles. The quantitative estimate of drug-likeness (QED) is 0.588. The van der Waals surface area contributed by atoms with Crippen LogP contribution in [0, 0.1) is 5.41 Å². The summed E-state index contributed by atoms with van der Waals surface area (Å²) in [7, 11) is 3.17. The number of hydrogen-bond donors (Lipinski definition) is 1. The highest BCUT2D eigenvalue weighted by molar-refractivity contribution is 5.72. The van der Waals surface area contributed by atoms with Crippen molar-refractivity contribution in [3.63, 3.8) is 0 Å². The highest BCUT2D eigenvalue weighted by Gasteiger charge is 2.03. The molecule has 1 N–H and O–H groups in total. The predicted molar refractivity (Wildman–Crippen MR) is 56.1 cm³/mol. The number of hydrogen-bond acceptors (Lipinski definition) is 3. The fraction of sp³-hybridized carbons (Fsp3) is 0.364. The second-order valence-corrected chi connectivity index (χ2v) is 2.94. The maximum atomic E-state index is 7.35. The van der Waals surface area contributed by atoms with Gasteiger partial charge in [0.05, 0.1) is 14.2 Å². The molecule has 0 spiro atoms. The fourth-order valence-electron chi connectivity index (χ4n) is 1.26. The van der Waals surface area contributed by atoms with Crippen molar-refractivity contribution in [1.82, 2.24) is 0 Å². The normalized spacial score (nSPS) is 9.57. The standard InChI is InChI=1S/C11H15NO2/c1-13-10-6-4-3-5-9(10)7-8-11(12)14-2/h3-6,12H,7-8H2,1-2H3. The van der Waals surface area contributed by atoms with Crippen LogP contribution in [0.3, 0.4) is 0 Å². The summed E-state index contributed by atoms with van der Waals surface area (Å²) in [4.78, 5) is 0. The largest absolute Gasteiger partial charge is 0.496 e. The van der Waals surface area contributed by atoms with Gasteiger partial charge in [-0.1, -0.05) is 18.2 Å². The smallest absolute Gasteiger partial charge is 0.180 e. The average molecular weight is 193 g/mol. The van der Waals surface area contributed by atoms with Crippen LogP contribution in [0.1, 0.15) is 12.0 Å². The molecule has 3 nitrogen and oxygen atoms in total. The van der Waals surface area contributed by atoms with E-state index >= 15 is 0 Å². The maximum absolute atomic E-state index is 7.35. The van der Waals surface area contributed by atoms with E-state index in [2.05, 4.69) is 0 Å². The molecule has 14 heavy (non-hydrogen) atoms. The van der Waals surface area contributed by atoms with Crippen molar-refractivity contribution >= 4 is 5.90 Å². The number of nitrogens with one attached hydrogen (secondary N) is 1. The molecular weight excluding hydrogens is 178 g/mol. The molecule has 0 saturated carbocycles. The number of rotatable bonds is 4. The minimum Gasteiger partial charge on any atom is -0.496 e. The fourth-order valence-corrected chi connectivity index (χ4v) is 1.26. The second kappa shape index (κ2) is 5.27. The van der Waals surface area contributed by atoms with Crippen molar-refractivity contribution in [2.75, 3.05) is 14.2 Å². The molecule has 0 aliphatic carbocycles. The van der Waals surface area contributed by atoms with Crippen LogP contribution in [0.2, 0.25) is 0 Å². The van der Waals surface area contributed by atoms with E-state index in [1.165, 1.54) is 7.11 Å². The van der Waals surface area contributed by atoms with Crippen molar-refractivity contribution < 1.29 is 9.47 Å². The van der Waals surface area contributed by atoms with Crippen molar-refractivity contribution in [2.24, 2.45) is 0 Å². The molecule has 0 fully saturated rings. The lowest BCUT2D eigenvalue weighted by molar-refractivity contribution is 0.384. The summed E-state index contributed by atoms with van der Waals surface area (Å²) in [6.45, 7) is 0. The van der Waals surface area contributed by atoms with Crippen LogP contribution in [0.4, 0.5) is 0 Å². The molecule has 0 heterocycles. The topological polar surface area (TPSA) is 42.3 Å². The summed E-state index contributed by atoms with van der Waals surface area (Å²) in [5.41, 5.74) is 1.11. The summed E-state index contributed by atoms with van der Waals surface area (Å²) in [5.74, 6) is 1.17. The van der Waals surface area contributed by atoms with Crippen molar-refractivity contribution in [1.29, 1.82) is 5.41 Å².